The first-order chi connectivity index (χ1) is 9.56. The van der Waals surface area contributed by atoms with E-state index in [9.17, 15) is 0 Å². The number of rotatable bonds is 11. The molecule has 0 rings (SSSR count). The van der Waals surface area contributed by atoms with E-state index in [1.54, 1.807) is 0 Å². The Labute approximate surface area is 133 Å². The number of hydrogen-bond acceptors (Lipinski definition) is 2. The Morgan fingerprint density at radius 2 is 1.62 bits per heavy atom. The SMILES string of the molecule is C=COCCOC(CC(C)(C)C)CC(C)(C)CCC(C)C. The van der Waals surface area contributed by atoms with E-state index in [2.05, 4.69) is 55.0 Å². The van der Waals surface area contributed by atoms with E-state index in [0.29, 0.717) is 24.7 Å². The Morgan fingerprint density at radius 1 is 1.00 bits per heavy atom. The van der Waals surface area contributed by atoms with Crippen LogP contribution in [0.15, 0.2) is 12.8 Å². The van der Waals surface area contributed by atoms with Crippen LogP contribution in [0.2, 0.25) is 0 Å². The van der Waals surface area contributed by atoms with Gasteiger partial charge in [-0.25, -0.2) is 0 Å². The van der Waals surface area contributed by atoms with Gasteiger partial charge in [0.25, 0.3) is 0 Å². The molecule has 0 aromatic rings. The minimum absolute atomic E-state index is 0.290. The highest BCUT2D eigenvalue weighted by molar-refractivity contribution is 4.78. The Kier molecular flexibility index (Phi) is 9.28. The van der Waals surface area contributed by atoms with Crippen LogP contribution in [0.25, 0.3) is 0 Å². The molecule has 126 valence electrons. The first kappa shape index (κ1) is 20.5. The van der Waals surface area contributed by atoms with Crippen LogP contribution in [0.3, 0.4) is 0 Å². The summed E-state index contributed by atoms with van der Waals surface area (Å²) in [6, 6.07) is 0. The van der Waals surface area contributed by atoms with Crippen LogP contribution in [-0.4, -0.2) is 19.3 Å². The zero-order valence-electron chi connectivity index (χ0n) is 15.5. The van der Waals surface area contributed by atoms with E-state index in [-0.39, 0.29) is 5.41 Å². The lowest BCUT2D eigenvalue weighted by Crippen LogP contribution is -2.28. The van der Waals surface area contributed by atoms with E-state index < -0.39 is 0 Å². The molecule has 0 heterocycles. The van der Waals surface area contributed by atoms with Gasteiger partial charge in [0, 0.05) is 0 Å². The molecule has 0 bridgehead atoms. The van der Waals surface area contributed by atoms with E-state index in [1.165, 1.54) is 19.1 Å². The molecule has 0 N–H and O–H groups in total. The Morgan fingerprint density at radius 3 is 2.10 bits per heavy atom. The zero-order valence-corrected chi connectivity index (χ0v) is 15.5. The van der Waals surface area contributed by atoms with E-state index in [4.69, 9.17) is 9.47 Å². The summed E-state index contributed by atoms with van der Waals surface area (Å²) in [7, 11) is 0. The highest BCUT2D eigenvalue weighted by atomic mass is 16.5. The molecule has 2 heteroatoms. The molecule has 0 aliphatic rings. The van der Waals surface area contributed by atoms with Crippen LogP contribution in [0.5, 0.6) is 0 Å². The molecule has 0 aromatic carbocycles. The molecule has 0 saturated heterocycles. The Bertz CT molecular complexity index is 274. The molecule has 0 amide bonds. The molecular weight excluding hydrogens is 260 g/mol. The highest BCUT2D eigenvalue weighted by Gasteiger charge is 2.27. The van der Waals surface area contributed by atoms with Gasteiger partial charge in [0.05, 0.1) is 19.0 Å². The van der Waals surface area contributed by atoms with Gasteiger partial charge in [-0.3, -0.25) is 0 Å². The fourth-order valence-electron chi connectivity index (χ4n) is 2.62. The molecule has 0 fully saturated rings. The van der Waals surface area contributed by atoms with Gasteiger partial charge in [0.15, 0.2) is 0 Å². The minimum atomic E-state index is 0.290. The third-order valence-corrected chi connectivity index (χ3v) is 3.69. The van der Waals surface area contributed by atoms with E-state index >= 15 is 0 Å². The molecule has 1 unspecified atom stereocenters. The molecule has 1 atom stereocenters. The normalized spacial score (nSPS) is 14.3. The van der Waals surface area contributed by atoms with Crippen molar-refractivity contribution in [2.24, 2.45) is 16.7 Å². The average Bonchev–Trinajstić information content (AvgIpc) is 2.30. The maximum absolute atomic E-state index is 6.09. The standard InChI is InChI=1S/C19H38O2/c1-9-20-12-13-21-17(14-18(4,5)6)15-19(7,8)11-10-16(2)3/h9,16-17H,1,10-15H2,2-8H3. The lowest BCUT2D eigenvalue weighted by Gasteiger charge is -2.33. The summed E-state index contributed by atoms with van der Waals surface area (Å²) < 4.78 is 11.3. The summed E-state index contributed by atoms with van der Waals surface area (Å²) in [5.74, 6) is 0.771. The molecule has 0 aliphatic heterocycles. The third kappa shape index (κ3) is 12.9. The summed E-state index contributed by atoms with van der Waals surface area (Å²) in [4.78, 5) is 0. The quantitative estimate of drug-likeness (QED) is 0.353. The second kappa shape index (κ2) is 9.50. The zero-order chi connectivity index (χ0) is 16.5. The van der Waals surface area contributed by atoms with Gasteiger partial charge < -0.3 is 9.47 Å². The van der Waals surface area contributed by atoms with Crippen molar-refractivity contribution in [2.45, 2.75) is 80.3 Å². The fraction of sp³-hybridized carbons (Fsp3) is 0.895. The van der Waals surface area contributed by atoms with Gasteiger partial charge in [-0.05, 0) is 36.0 Å². The summed E-state index contributed by atoms with van der Waals surface area (Å²) in [6.07, 6.45) is 6.54. The molecule has 0 spiro atoms. The third-order valence-electron chi connectivity index (χ3n) is 3.69. The fourth-order valence-corrected chi connectivity index (χ4v) is 2.62. The maximum atomic E-state index is 6.09. The second-order valence-electron chi connectivity index (χ2n) is 8.60. The van der Waals surface area contributed by atoms with E-state index in [1.807, 2.05) is 0 Å². The second-order valence-corrected chi connectivity index (χ2v) is 8.60. The van der Waals surface area contributed by atoms with Crippen LogP contribution in [-0.2, 0) is 9.47 Å². The van der Waals surface area contributed by atoms with Crippen LogP contribution < -0.4 is 0 Å². The number of hydrogen-bond donors (Lipinski definition) is 0. The van der Waals surface area contributed by atoms with Gasteiger partial charge in [0.1, 0.15) is 6.61 Å². The van der Waals surface area contributed by atoms with Crippen LogP contribution >= 0.6 is 0 Å². The largest absolute Gasteiger partial charge is 0.499 e. The summed E-state index contributed by atoms with van der Waals surface area (Å²) in [6.45, 7) is 21.0. The number of ether oxygens (including phenoxy) is 2. The first-order valence-electron chi connectivity index (χ1n) is 8.40. The topological polar surface area (TPSA) is 18.5 Å². The highest BCUT2D eigenvalue weighted by Crippen LogP contribution is 2.34. The predicted molar refractivity (Wildman–Crippen MR) is 92.4 cm³/mol. The van der Waals surface area contributed by atoms with Crippen molar-refractivity contribution in [2.75, 3.05) is 13.2 Å². The smallest absolute Gasteiger partial charge is 0.111 e. The van der Waals surface area contributed by atoms with Gasteiger partial charge in [-0.2, -0.15) is 0 Å². The van der Waals surface area contributed by atoms with Crippen molar-refractivity contribution in [3.63, 3.8) is 0 Å². The Hall–Kier alpha value is -0.500. The van der Waals surface area contributed by atoms with Crippen LogP contribution in [0, 0.1) is 16.7 Å². The Balaban J connectivity index is 4.45. The molecule has 0 saturated carbocycles. The maximum Gasteiger partial charge on any atom is 0.111 e. The lowest BCUT2D eigenvalue weighted by atomic mass is 9.77. The molecule has 0 radical (unpaired) electrons. The van der Waals surface area contributed by atoms with Gasteiger partial charge >= 0.3 is 0 Å². The van der Waals surface area contributed by atoms with Crippen molar-refractivity contribution in [3.8, 4) is 0 Å². The molecular formula is C19H38O2. The van der Waals surface area contributed by atoms with Gasteiger partial charge in [-0.15, -0.1) is 0 Å². The average molecular weight is 299 g/mol. The van der Waals surface area contributed by atoms with Crippen molar-refractivity contribution < 1.29 is 9.47 Å². The van der Waals surface area contributed by atoms with Crippen LogP contribution in [0.1, 0.15) is 74.1 Å². The predicted octanol–water partition coefficient (Wildman–Crippen LogP) is 5.82. The molecule has 0 aliphatic carbocycles. The van der Waals surface area contributed by atoms with Crippen LogP contribution in [0.4, 0.5) is 0 Å². The van der Waals surface area contributed by atoms with Crippen molar-refractivity contribution >= 4 is 0 Å². The van der Waals surface area contributed by atoms with Gasteiger partial charge in [0.2, 0.25) is 0 Å². The van der Waals surface area contributed by atoms with Crippen molar-refractivity contribution in [1.29, 1.82) is 0 Å². The minimum Gasteiger partial charge on any atom is -0.499 e. The summed E-state index contributed by atoms with van der Waals surface area (Å²) in [5, 5.41) is 0. The van der Waals surface area contributed by atoms with Crippen molar-refractivity contribution in [1.82, 2.24) is 0 Å². The van der Waals surface area contributed by atoms with E-state index in [0.717, 1.165) is 18.8 Å². The lowest BCUT2D eigenvalue weighted by molar-refractivity contribution is -0.0198. The summed E-state index contributed by atoms with van der Waals surface area (Å²) >= 11 is 0. The monoisotopic (exact) mass is 298 g/mol. The van der Waals surface area contributed by atoms with Gasteiger partial charge in [-0.1, -0.05) is 61.5 Å². The molecule has 0 aromatic heterocycles. The molecule has 2 nitrogen and oxygen atoms in total. The first-order valence-corrected chi connectivity index (χ1v) is 8.40. The van der Waals surface area contributed by atoms with Crippen molar-refractivity contribution in [3.05, 3.63) is 12.8 Å². The summed E-state index contributed by atoms with van der Waals surface area (Å²) in [5.41, 5.74) is 0.623. The molecule has 21 heavy (non-hydrogen) atoms.